The van der Waals surface area contributed by atoms with Crippen molar-refractivity contribution in [1.82, 2.24) is 4.90 Å². The van der Waals surface area contributed by atoms with E-state index in [2.05, 4.69) is 4.98 Å². The number of nitrogens with one attached hydrogen (secondary N) is 2. The first-order valence-electron chi connectivity index (χ1n) is 9.74. The normalized spacial score (nSPS) is 16.5. The van der Waals surface area contributed by atoms with Crippen molar-refractivity contribution in [2.45, 2.75) is 19.1 Å². The number of rotatable bonds is 5. The molecule has 8 heteroatoms. The van der Waals surface area contributed by atoms with Crippen molar-refractivity contribution >= 4 is 11.7 Å². The molecule has 1 amide bonds. The number of piperazine rings is 1. The summed E-state index contributed by atoms with van der Waals surface area (Å²) in [6.07, 6.45) is -3.35. The summed E-state index contributed by atoms with van der Waals surface area (Å²) in [7, 11) is 1.83. The summed E-state index contributed by atoms with van der Waals surface area (Å²) in [5.41, 5.74) is 0.410. The zero-order valence-electron chi connectivity index (χ0n) is 16.7. The van der Waals surface area contributed by atoms with Gasteiger partial charge in [0.1, 0.15) is 32.4 Å². The molecule has 2 N–H and O–H groups in total. The quantitative estimate of drug-likeness (QED) is 0.814. The van der Waals surface area contributed by atoms with Gasteiger partial charge >= 0.3 is 6.18 Å². The summed E-state index contributed by atoms with van der Waals surface area (Å²) in [4.78, 5) is 20.4. The summed E-state index contributed by atoms with van der Waals surface area (Å²) in [5, 5.41) is 0. The van der Waals surface area contributed by atoms with E-state index < -0.39 is 11.7 Å². The third kappa shape index (κ3) is 5.26. The van der Waals surface area contributed by atoms with E-state index in [0.717, 1.165) is 30.9 Å². The highest BCUT2D eigenvalue weighted by atomic mass is 19.4. The molecule has 0 unspecified atom stereocenters. The first-order chi connectivity index (χ1) is 13.8. The van der Waals surface area contributed by atoms with E-state index >= 15 is 0 Å². The van der Waals surface area contributed by atoms with Crippen molar-refractivity contribution < 1.29 is 27.8 Å². The molecule has 156 valence electrons. The van der Waals surface area contributed by atoms with Crippen LogP contribution in [0.25, 0.3) is 0 Å². The van der Waals surface area contributed by atoms with Gasteiger partial charge in [0.25, 0.3) is 11.7 Å². The molecular formula is C21H27F3N4O+2. The van der Waals surface area contributed by atoms with Crippen molar-refractivity contribution in [3.63, 3.8) is 0 Å². The number of quaternary nitrogens is 1. The molecule has 1 fully saturated rings. The van der Waals surface area contributed by atoms with Crippen LogP contribution in [-0.4, -0.2) is 50.6 Å². The fourth-order valence-electron chi connectivity index (χ4n) is 3.54. The Kier molecular flexibility index (Phi) is 6.42. The molecule has 2 heterocycles. The molecule has 5 nitrogen and oxygen atoms in total. The van der Waals surface area contributed by atoms with Gasteiger partial charge < -0.3 is 9.80 Å². The minimum absolute atomic E-state index is 0.00568. The van der Waals surface area contributed by atoms with Gasteiger partial charge in [-0.2, -0.15) is 13.2 Å². The molecule has 2 aromatic rings. The predicted molar refractivity (Wildman–Crippen MR) is 103 cm³/mol. The number of benzene rings is 1. The molecule has 0 spiro atoms. The minimum Gasteiger partial charge on any atom is -0.334 e. The number of alkyl halides is 3. The van der Waals surface area contributed by atoms with E-state index in [0.29, 0.717) is 25.5 Å². The number of nitrogens with zero attached hydrogens (tertiary/aromatic N) is 2. The Bertz CT molecular complexity index is 803. The summed E-state index contributed by atoms with van der Waals surface area (Å²) in [5.74, 6) is 0.754. The van der Waals surface area contributed by atoms with E-state index in [-0.39, 0.29) is 11.9 Å². The molecule has 1 aliphatic rings. The second-order valence-corrected chi connectivity index (χ2v) is 7.47. The highest BCUT2D eigenvalue weighted by molar-refractivity contribution is 5.77. The first-order valence-corrected chi connectivity index (χ1v) is 9.74. The molecular weight excluding hydrogens is 381 g/mol. The topological polar surface area (TPSA) is 42.1 Å². The number of aromatic amines is 1. The van der Waals surface area contributed by atoms with Crippen LogP contribution in [0.2, 0.25) is 0 Å². The van der Waals surface area contributed by atoms with Crippen molar-refractivity contribution in [3.05, 3.63) is 59.8 Å². The highest BCUT2D eigenvalue weighted by Gasteiger charge is 2.33. The number of anilines is 1. The van der Waals surface area contributed by atoms with Gasteiger partial charge in [0.15, 0.2) is 6.54 Å². The largest absolute Gasteiger partial charge is 0.419 e. The Hall–Kier alpha value is -2.61. The third-order valence-electron chi connectivity index (χ3n) is 5.59. The number of carbonyl (C=O) groups excluding carboxylic acids is 1. The minimum atomic E-state index is -4.35. The van der Waals surface area contributed by atoms with Crippen LogP contribution in [0.5, 0.6) is 0 Å². The van der Waals surface area contributed by atoms with Crippen LogP contribution in [0.1, 0.15) is 24.1 Å². The first kappa shape index (κ1) is 21.1. The number of H-pyrrole nitrogens is 1. The maximum Gasteiger partial charge on any atom is 0.419 e. The monoisotopic (exact) mass is 408 g/mol. The standard InChI is InChI=1S/C21H25F3N4O/c1-16(17-6-4-3-5-7-17)26(2)20(29)15-27-10-12-28(13-11-27)19-9-8-18(14-25-19)21(22,23)24/h3-9,14,16H,10-13,15H2,1-2H3/p+2/t16-/m1/s1. The molecule has 0 aliphatic carbocycles. The molecule has 1 saturated heterocycles. The smallest absolute Gasteiger partial charge is 0.334 e. The number of aromatic nitrogens is 1. The third-order valence-corrected chi connectivity index (χ3v) is 5.59. The number of amides is 1. The number of likely N-dealkylation sites (N-methyl/N-ethyl adjacent to an activating group) is 1. The fourth-order valence-corrected chi connectivity index (χ4v) is 3.54. The molecule has 29 heavy (non-hydrogen) atoms. The van der Waals surface area contributed by atoms with Crippen LogP contribution in [0.4, 0.5) is 19.0 Å². The lowest BCUT2D eigenvalue weighted by Gasteiger charge is -2.31. The second-order valence-electron chi connectivity index (χ2n) is 7.47. The number of carbonyl (C=O) groups is 1. The Morgan fingerprint density at radius 3 is 2.38 bits per heavy atom. The molecule has 0 radical (unpaired) electrons. The Balaban J connectivity index is 1.51. The van der Waals surface area contributed by atoms with E-state index in [4.69, 9.17) is 0 Å². The molecule has 1 atom stereocenters. The summed E-state index contributed by atoms with van der Waals surface area (Å²) >= 11 is 0. The zero-order valence-corrected chi connectivity index (χ0v) is 16.7. The van der Waals surface area contributed by atoms with Crippen LogP contribution in [0.15, 0.2) is 48.7 Å². The van der Waals surface area contributed by atoms with Gasteiger partial charge in [-0.3, -0.25) is 9.69 Å². The van der Waals surface area contributed by atoms with Gasteiger partial charge in [-0.15, -0.1) is 0 Å². The van der Waals surface area contributed by atoms with E-state index in [1.807, 2.05) is 49.2 Å². The Morgan fingerprint density at radius 1 is 1.17 bits per heavy atom. The van der Waals surface area contributed by atoms with Crippen molar-refractivity contribution in [2.75, 3.05) is 44.7 Å². The zero-order chi connectivity index (χ0) is 21.0. The van der Waals surface area contributed by atoms with Crippen molar-refractivity contribution in [1.29, 1.82) is 0 Å². The predicted octanol–water partition coefficient (Wildman–Crippen LogP) is 1.44. The van der Waals surface area contributed by atoms with Gasteiger partial charge in [0.2, 0.25) is 0 Å². The maximum atomic E-state index is 12.7. The van der Waals surface area contributed by atoms with Crippen LogP contribution < -0.4 is 14.8 Å². The van der Waals surface area contributed by atoms with Crippen LogP contribution in [0, 0.1) is 0 Å². The van der Waals surface area contributed by atoms with Gasteiger partial charge in [-0.1, -0.05) is 30.3 Å². The summed E-state index contributed by atoms with van der Waals surface area (Å²) in [6.45, 7) is 5.31. The van der Waals surface area contributed by atoms with Gasteiger partial charge in [0, 0.05) is 13.1 Å². The second kappa shape index (κ2) is 8.82. The van der Waals surface area contributed by atoms with Crippen molar-refractivity contribution in [2.24, 2.45) is 0 Å². The van der Waals surface area contributed by atoms with E-state index in [1.54, 1.807) is 4.90 Å². The molecule has 1 aromatic carbocycles. The maximum absolute atomic E-state index is 12.7. The van der Waals surface area contributed by atoms with Crippen molar-refractivity contribution in [3.8, 4) is 0 Å². The lowest BCUT2D eigenvalue weighted by atomic mass is 10.1. The van der Waals surface area contributed by atoms with Crippen LogP contribution in [-0.2, 0) is 11.0 Å². The van der Waals surface area contributed by atoms with Gasteiger partial charge in [-0.25, -0.2) is 4.98 Å². The highest BCUT2D eigenvalue weighted by Crippen LogP contribution is 2.28. The molecule has 0 bridgehead atoms. The molecule has 0 saturated carbocycles. The molecule has 1 aromatic heterocycles. The van der Waals surface area contributed by atoms with Gasteiger partial charge in [0.05, 0.1) is 11.6 Å². The average molecular weight is 408 g/mol. The fraction of sp³-hybridized carbons (Fsp3) is 0.429. The number of hydrogen-bond donors (Lipinski definition) is 1. The summed E-state index contributed by atoms with van der Waals surface area (Å²) < 4.78 is 38.1. The lowest BCUT2D eigenvalue weighted by Crippen LogP contribution is -3.15. The number of pyridine rings is 1. The van der Waals surface area contributed by atoms with E-state index in [1.165, 1.54) is 11.0 Å². The van der Waals surface area contributed by atoms with E-state index in [9.17, 15) is 18.0 Å². The SMILES string of the molecule is C[C@H](c1ccccc1)N(C)C(=O)C[NH+]1CCN(c2ccc(C(F)(F)F)c[nH+]2)CC1. The average Bonchev–Trinajstić information content (AvgIpc) is 2.73. The number of halogens is 3. The van der Waals surface area contributed by atoms with Crippen LogP contribution in [0.3, 0.4) is 0 Å². The number of hydrogen-bond acceptors (Lipinski definition) is 2. The molecule has 1 aliphatic heterocycles. The Morgan fingerprint density at radius 2 is 1.83 bits per heavy atom. The lowest BCUT2D eigenvalue weighted by molar-refractivity contribution is -0.892. The summed E-state index contributed by atoms with van der Waals surface area (Å²) in [6, 6.07) is 12.5. The Labute approximate surface area is 168 Å². The molecule has 3 rings (SSSR count). The van der Waals surface area contributed by atoms with Gasteiger partial charge in [-0.05, 0) is 18.6 Å². The van der Waals surface area contributed by atoms with Crippen LogP contribution >= 0.6 is 0 Å².